The highest BCUT2D eigenvalue weighted by Crippen LogP contribution is 2.20. The molecular formula is C20H22ClN3O3S. The molecule has 2 amide bonds. The van der Waals surface area contributed by atoms with E-state index >= 15 is 0 Å². The van der Waals surface area contributed by atoms with Crippen LogP contribution in [0.1, 0.15) is 22.5 Å². The van der Waals surface area contributed by atoms with Crippen LogP contribution in [-0.4, -0.2) is 60.1 Å². The number of thiophene rings is 1. The predicted molar refractivity (Wildman–Crippen MR) is 111 cm³/mol. The van der Waals surface area contributed by atoms with Gasteiger partial charge in [0.2, 0.25) is 11.8 Å². The van der Waals surface area contributed by atoms with Crippen molar-refractivity contribution >= 4 is 46.2 Å². The zero-order valence-corrected chi connectivity index (χ0v) is 17.0. The summed E-state index contributed by atoms with van der Waals surface area (Å²) in [6.07, 6.45) is 0.462. The third kappa shape index (κ3) is 5.64. The first-order valence-corrected chi connectivity index (χ1v) is 10.4. The quantitative estimate of drug-likeness (QED) is 0.700. The van der Waals surface area contributed by atoms with Gasteiger partial charge in [0, 0.05) is 39.0 Å². The molecule has 1 aliphatic rings. The summed E-state index contributed by atoms with van der Waals surface area (Å²) in [5, 5.41) is 5.17. The van der Waals surface area contributed by atoms with Crippen molar-refractivity contribution in [1.29, 1.82) is 0 Å². The number of anilines is 1. The van der Waals surface area contributed by atoms with Gasteiger partial charge in [-0.2, -0.15) is 0 Å². The van der Waals surface area contributed by atoms with Crippen molar-refractivity contribution in [3.05, 3.63) is 51.7 Å². The molecule has 0 bridgehead atoms. The van der Waals surface area contributed by atoms with E-state index in [2.05, 4.69) is 5.32 Å². The molecule has 2 aromatic rings. The third-order valence-electron chi connectivity index (χ3n) is 4.60. The van der Waals surface area contributed by atoms with Crippen molar-refractivity contribution in [2.24, 2.45) is 0 Å². The molecule has 3 rings (SSSR count). The number of rotatable bonds is 7. The maximum absolute atomic E-state index is 12.3. The van der Waals surface area contributed by atoms with Gasteiger partial charge in [-0.05, 0) is 23.6 Å². The van der Waals surface area contributed by atoms with Crippen LogP contribution in [0.4, 0.5) is 5.69 Å². The van der Waals surface area contributed by atoms with Crippen LogP contribution >= 0.6 is 22.9 Å². The van der Waals surface area contributed by atoms with Gasteiger partial charge in [-0.25, -0.2) is 0 Å². The number of nitrogens with one attached hydrogen (secondary N) is 1. The van der Waals surface area contributed by atoms with Crippen molar-refractivity contribution in [1.82, 2.24) is 9.80 Å². The molecule has 8 heteroatoms. The summed E-state index contributed by atoms with van der Waals surface area (Å²) < 4.78 is 0. The Bertz CT molecular complexity index is 833. The van der Waals surface area contributed by atoms with E-state index in [1.165, 1.54) is 11.3 Å². The Morgan fingerprint density at radius 3 is 2.43 bits per heavy atom. The largest absolute Gasteiger partial charge is 0.340 e. The molecule has 28 heavy (non-hydrogen) atoms. The van der Waals surface area contributed by atoms with Crippen LogP contribution in [0, 0.1) is 0 Å². The van der Waals surface area contributed by atoms with E-state index in [9.17, 15) is 14.4 Å². The average molecular weight is 420 g/mol. The van der Waals surface area contributed by atoms with Crippen molar-refractivity contribution in [2.45, 2.75) is 12.8 Å². The lowest BCUT2D eigenvalue weighted by molar-refractivity contribution is -0.133. The minimum Gasteiger partial charge on any atom is -0.340 e. The van der Waals surface area contributed by atoms with Gasteiger partial charge in [-0.1, -0.05) is 29.8 Å². The van der Waals surface area contributed by atoms with Crippen molar-refractivity contribution < 1.29 is 14.4 Å². The molecular weight excluding hydrogens is 398 g/mol. The zero-order chi connectivity index (χ0) is 19.9. The lowest BCUT2D eigenvalue weighted by Crippen LogP contribution is -2.50. The lowest BCUT2D eigenvalue weighted by Gasteiger charge is -2.34. The van der Waals surface area contributed by atoms with E-state index in [0.29, 0.717) is 41.8 Å². The molecule has 0 atom stereocenters. The van der Waals surface area contributed by atoms with E-state index in [-0.39, 0.29) is 37.0 Å². The maximum Gasteiger partial charge on any atom is 0.238 e. The first-order valence-electron chi connectivity index (χ1n) is 9.14. The number of ketones is 1. The molecule has 1 aromatic heterocycles. The second kappa shape index (κ2) is 9.82. The number of Topliss-reactive ketones (excluding diaryl/α,β-unsaturated/α-hetero) is 1. The Balaban J connectivity index is 1.39. The number of benzene rings is 1. The van der Waals surface area contributed by atoms with Crippen LogP contribution in [0.2, 0.25) is 5.02 Å². The topological polar surface area (TPSA) is 69.7 Å². The number of piperazine rings is 1. The highest BCUT2D eigenvalue weighted by molar-refractivity contribution is 7.12. The number of halogens is 1. The van der Waals surface area contributed by atoms with Gasteiger partial charge in [0.15, 0.2) is 5.78 Å². The van der Waals surface area contributed by atoms with Gasteiger partial charge in [0.05, 0.1) is 22.1 Å². The molecule has 0 aliphatic carbocycles. The van der Waals surface area contributed by atoms with Crippen LogP contribution in [0.5, 0.6) is 0 Å². The number of hydrogen-bond acceptors (Lipinski definition) is 5. The Morgan fingerprint density at radius 2 is 1.75 bits per heavy atom. The Labute approximate surface area is 173 Å². The predicted octanol–water partition coefficient (Wildman–Crippen LogP) is 3.15. The van der Waals surface area contributed by atoms with Crippen molar-refractivity contribution in [2.75, 3.05) is 38.0 Å². The van der Waals surface area contributed by atoms with Gasteiger partial charge in [0.1, 0.15) is 0 Å². The molecule has 1 N–H and O–H groups in total. The van der Waals surface area contributed by atoms with Crippen molar-refractivity contribution in [3.8, 4) is 0 Å². The van der Waals surface area contributed by atoms with E-state index < -0.39 is 0 Å². The Morgan fingerprint density at radius 1 is 1.00 bits per heavy atom. The number of para-hydroxylation sites is 1. The molecule has 0 saturated carbocycles. The van der Waals surface area contributed by atoms with Gasteiger partial charge in [0.25, 0.3) is 0 Å². The number of amides is 2. The van der Waals surface area contributed by atoms with Crippen LogP contribution in [0.15, 0.2) is 41.8 Å². The summed E-state index contributed by atoms with van der Waals surface area (Å²) in [5.41, 5.74) is 0.596. The van der Waals surface area contributed by atoms with Gasteiger partial charge in [-0.3, -0.25) is 19.3 Å². The molecule has 0 spiro atoms. The van der Waals surface area contributed by atoms with Gasteiger partial charge >= 0.3 is 0 Å². The summed E-state index contributed by atoms with van der Waals surface area (Å²) in [4.78, 5) is 41.0. The minimum absolute atomic E-state index is 0.00919. The van der Waals surface area contributed by atoms with Crippen LogP contribution in [0.3, 0.4) is 0 Å². The molecule has 2 heterocycles. The van der Waals surface area contributed by atoms with Crippen LogP contribution < -0.4 is 5.32 Å². The van der Waals surface area contributed by atoms with Gasteiger partial charge < -0.3 is 10.2 Å². The fraction of sp³-hybridized carbons (Fsp3) is 0.350. The monoisotopic (exact) mass is 419 g/mol. The second-order valence-electron chi connectivity index (χ2n) is 6.59. The van der Waals surface area contributed by atoms with Gasteiger partial charge in [-0.15, -0.1) is 11.3 Å². The SMILES string of the molecule is O=C(CN1CCN(C(=O)CCC(=O)c2cccs2)CC1)Nc1ccccc1Cl. The minimum atomic E-state index is -0.130. The lowest BCUT2D eigenvalue weighted by atomic mass is 10.1. The maximum atomic E-state index is 12.3. The highest BCUT2D eigenvalue weighted by atomic mass is 35.5. The summed E-state index contributed by atoms with van der Waals surface area (Å²) in [7, 11) is 0. The molecule has 0 unspecified atom stereocenters. The first kappa shape index (κ1) is 20.5. The molecule has 0 radical (unpaired) electrons. The summed E-state index contributed by atoms with van der Waals surface area (Å²) in [6.45, 7) is 2.63. The number of carbonyl (C=O) groups excluding carboxylic acids is 3. The Hall–Kier alpha value is -2.22. The van der Waals surface area contributed by atoms with Crippen LogP contribution in [-0.2, 0) is 9.59 Å². The summed E-state index contributed by atoms with van der Waals surface area (Å²) >= 11 is 7.45. The smallest absolute Gasteiger partial charge is 0.238 e. The summed E-state index contributed by atoms with van der Waals surface area (Å²) in [5.74, 6) is -0.127. The normalized spacial score (nSPS) is 14.7. The number of hydrogen-bond donors (Lipinski definition) is 1. The average Bonchev–Trinajstić information content (AvgIpc) is 3.23. The molecule has 148 valence electrons. The molecule has 1 aliphatic heterocycles. The fourth-order valence-corrected chi connectivity index (χ4v) is 3.93. The zero-order valence-electron chi connectivity index (χ0n) is 15.4. The van der Waals surface area contributed by atoms with E-state index in [1.54, 1.807) is 23.1 Å². The molecule has 1 aromatic carbocycles. The van der Waals surface area contributed by atoms with Crippen LogP contribution in [0.25, 0.3) is 0 Å². The van der Waals surface area contributed by atoms with E-state index in [1.807, 2.05) is 28.5 Å². The molecule has 6 nitrogen and oxygen atoms in total. The highest BCUT2D eigenvalue weighted by Gasteiger charge is 2.23. The number of nitrogens with zero attached hydrogens (tertiary/aromatic N) is 2. The second-order valence-corrected chi connectivity index (χ2v) is 7.94. The fourth-order valence-electron chi connectivity index (χ4n) is 3.05. The standard InChI is InChI=1S/C20H22ClN3O3S/c21-15-4-1-2-5-16(15)22-19(26)14-23-9-11-24(12-10-23)20(27)8-7-17(25)18-6-3-13-28-18/h1-6,13H,7-12,14H2,(H,22,26). The van der Waals surface area contributed by atoms with E-state index in [4.69, 9.17) is 11.6 Å². The van der Waals surface area contributed by atoms with Crippen molar-refractivity contribution in [3.63, 3.8) is 0 Å². The molecule has 1 fully saturated rings. The summed E-state index contributed by atoms with van der Waals surface area (Å²) in [6, 6.07) is 10.7. The Kier molecular flexibility index (Phi) is 7.19. The third-order valence-corrected chi connectivity index (χ3v) is 5.84. The van der Waals surface area contributed by atoms with E-state index in [0.717, 1.165) is 0 Å². The first-order chi connectivity index (χ1) is 13.5. The number of carbonyl (C=O) groups is 3. The molecule has 1 saturated heterocycles.